The lowest BCUT2D eigenvalue weighted by Crippen LogP contribution is -2.41. The summed E-state index contributed by atoms with van der Waals surface area (Å²) in [5.41, 5.74) is 2.13. The van der Waals surface area contributed by atoms with E-state index in [1.165, 1.54) is 25.9 Å². The number of likely N-dealkylation sites (N-methyl/N-ethyl adjacent to an activating group) is 1. The molecular formula is C9H20N4O. The van der Waals surface area contributed by atoms with Crippen molar-refractivity contribution >= 4 is 5.91 Å². The molecule has 3 N–H and O–H groups in total. The van der Waals surface area contributed by atoms with Gasteiger partial charge in [-0.25, -0.2) is 5.84 Å². The van der Waals surface area contributed by atoms with Gasteiger partial charge in [0, 0.05) is 13.1 Å². The summed E-state index contributed by atoms with van der Waals surface area (Å²) >= 11 is 0. The summed E-state index contributed by atoms with van der Waals surface area (Å²) in [4.78, 5) is 15.3. The summed E-state index contributed by atoms with van der Waals surface area (Å²) in [6, 6.07) is 0. The number of carbonyl (C=O) groups is 1. The zero-order valence-corrected chi connectivity index (χ0v) is 8.83. The molecule has 1 aliphatic rings. The van der Waals surface area contributed by atoms with Crippen molar-refractivity contribution in [2.24, 2.45) is 5.84 Å². The molecule has 1 heterocycles. The molecule has 0 aromatic heterocycles. The van der Waals surface area contributed by atoms with Crippen molar-refractivity contribution < 1.29 is 4.79 Å². The number of amides is 1. The quantitative estimate of drug-likeness (QED) is 0.340. The molecular weight excluding hydrogens is 180 g/mol. The highest BCUT2D eigenvalue weighted by Gasteiger charge is 2.12. The average molecular weight is 200 g/mol. The Morgan fingerprint density at radius 2 is 2.14 bits per heavy atom. The van der Waals surface area contributed by atoms with Gasteiger partial charge in [-0.3, -0.25) is 15.1 Å². The van der Waals surface area contributed by atoms with Crippen LogP contribution in [-0.4, -0.2) is 55.5 Å². The van der Waals surface area contributed by atoms with Crippen LogP contribution in [0.4, 0.5) is 0 Å². The molecule has 82 valence electrons. The van der Waals surface area contributed by atoms with E-state index < -0.39 is 0 Å². The van der Waals surface area contributed by atoms with Gasteiger partial charge in [-0.05, 0) is 33.0 Å². The second-order valence-corrected chi connectivity index (χ2v) is 3.85. The fraction of sp³-hybridized carbons (Fsp3) is 0.889. The van der Waals surface area contributed by atoms with E-state index in [0.29, 0.717) is 6.54 Å². The van der Waals surface area contributed by atoms with Gasteiger partial charge in [0.2, 0.25) is 5.91 Å². The molecule has 0 aliphatic carbocycles. The third-order valence-corrected chi connectivity index (χ3v) is 2.57. The van der Waals surface area contributed by atoms with Crippen molar-refractivity contribution in [3.8, 4) is 0 Å². The van der Waals surface area contributed by atoms with Gasteiger partial charge >= 0.3 is 0 Å². The van der Waals surface area contributed by atoms with E-state index in [-0.39, 0.29) is 5.91 Å². The number of hydrogen-bond donors (Lipinski definition) is 2. The lowest BCUT2D eigenvalue weighted by atomic mass is 10.4. The minimum atomic E-state index is -0.131. The van der Waals surface area contributed by atoms with Gasteiger partial charge < -0.3 is 4.90 Å². The molecule has 5 heteroatoms. The maximum Gasteiger partial charge on any atom is 0.248 e. The van der Waals surface area contributed by atoms with Gasteiger partial charge in [0.1, 0.15) is 0 Å². The highest BCUT2D eigenvalue weighted by Crippen LogP contribution is 2.06. The van der Waals surface area contributed by atoms with Crippen molar-refractivity contribution in [2.75, 3.05) is 39.8 Å². The monoisotopic (exact) mass is 200 g/mol. The molecule has 0 unspecified atom stereocenters. The third kappa shape index (κ3) is 4.04. The van der Waals surface area contributed by atoms with Crippen LogP contribution in [0.1, 0.15) is 12.8 Å². The molecule has 1 aliphatic heterocycles. The van der Waals surface area contributed by atoms with Crippen molar-refractivity contribution in [1.29, 1.82) is 0 Å². The molecule has 1 amide bonds. The van der Waals surface area contributed by atoms with Crippen LogP contribution in [0.2, 0.25) is 0 Å². The first-order valence-electron chi connectivity index (χ1n) is 5.12. The van der Waals surface area contributed by atoms with E-state index in [0.717, 1.165) is 13.1 Å². The smallest absolute Gasteiger partial charge is 0.248 e. The van der Waals surface area contributed by atoms with Gasteiger partial charge in [0.15, 0.2) is 0 Å². The minimum absolute atomic E-state index is 0.131. The van der Waals surface area contributed by atoms with Crippen molar-refractivity contribution in [3.63, 3.8) is 0 Å². The lowest BCUT2D eigenvalue weighted by molar-refractivity contribution is -0.122. The summed E-state index contributed by atoms with van der Waals surface area (Å²) in [6.45, 7) is 4.76. The molecule has 0 aromatic carbocycles. The zero-order chi connectivity index (χ0) is 10.4. The third-order valence-electron chi connectivity index (χ3n) is 2.57. The Morgan fingerprint density at radius 3 is 2.71 bits per heavy atom. The van der Waals surface area contributed by atoms with E-state index in [1.54, 1.807) is 0 Å². The Kier molecular flexibility index (Phi) is 4.86. The van der Waals surface area contributed by atoms with E-state index in [1.807, 2.05) is 11.9 Å². The van der Waals surface area contributed by atoms with Gasteiger partial charge in [0.05, 0.1) is 6.54 Å². The number of nitrogens with one attached hydrogen (secondary N) is 1. The van der Waals surface area contributed by atoms with Crippen LogP contribution in [0.5, 0.6) is 0 Å². The fourth-order valence-corrected chi connectivity index (χ4v) is 1.69. The number of hydrazine groups is 1. The molecule has 14 heavy (non-hydrogen) atoms. The summed E-state index contributed by atoms with van der Waals surface area (Å²) in [6.07, 6.45) is 2.63. The van der Waals surface area contributed by atoms with Crippen LogP contribution >= 0.6 is 0 Å². The highest BCUT2D eigenvalue weighted by atomic mass is 16.2. The average Bonchev–Trinajstić information content (AvgIpc) is 2.67. The van der Waals surface area contributed by atoms with Crippen LogP contribution in [0, 0.1) is 0 Å². The molecule has 1 fully saturated rings. The Labute approximate surface area is 85.2 Å². The Morgan fingerprint density at radius 1 is 1.50 bits per heavy atom. The molecule has 0 bridgehead atoms. The van der Waals surface area contributed by atoms with Crippen molar-refractivity contribution in [2.45, 2.75) is 12.8 Å². The summed E-state index contributed by atoms with van der Waals surface area (Å²) in [5.74, 6) is 4.87. The number of hydrogen-bond acceptors (Lipinski definition) is 4. The Bertz CT molecular complexity index is 180. The lowest BCUT2D eigenvalue weighted by Gasteiger charge is -2.20. The molecule has 5 nitrogen and oxygen atoms in total. The summed E-state index contributed by atoms with van der Waals surface area (Å²) in [5, 5.41) is 0. The molecule has 0 atom stereocenters. The molecule has 0 aromatic rings. The minimum Gasteiger partial charge on any atom is -0.302 e. The maximum absolute atomic E-state index is 10.9. The predicted molar refractivity (Wildman–Crippen MR) is 55.5 cm³/mol. The van der Waals surface area contributed by atoms with Crippen molar-refractivity contribution in [1.82, 2.24) is 15.2 Å². The number of likely N-dealkylation sites (tertiary alicyclic amines) is 1. The molecule has 0 spiro atoms. The van der Waals surface area contributed by atoms with E-state index >= 15 is 0 Å². The number of nitrogens with two attached hydrogens (primary N) is 1. The van der Waals surface area contributed by atoms with E-state index in [9.17, 15) is 4.79 Å². The van der Waals surface area contributed by atoms with Crippen LogP contribution in [-0.2, 0) is 4.79 Å². The topological polar surface area (TPSA) is 61.6 Å². The number of nitrogens with zero attached hydrogens (tertiary/aromatic N) is 2. The first-order valence-corrected chi connectivity index (χ1v) is 5.12. The first-order chi connectivity index (χ1) is 6.72. The molecule has 0 saturated carbocycles. The number of carbonyl (C=O) groups excluding carboxylic acids is 1. The molecule has 0 radical (unpaired) electrons. The largest absolute Gasteiger partial charge is 0.302 e. The SMILES string of the molecule is CN(CCN1CCCC1)CC(=O)NN. The standard InChI is InChI=1S/C9H20N4O/c1-12(8-9(14)11-10)6-7-13-4-2-3-5-13/h2-8,10H2,1H3,(H,11,14). The van der Waals surface area contributed by atoms with Crippen molar-refractivity contribution in [3.05, 3.63) is 0 Å². The van der Waals surface area contributed by atoms with E-state index in [4.69, 9.17) is 5.84 Å². The van der Waals surface area contributed by atoms with Gasteiger partial charge in [-0.15, -0.1) is 0 Å². The molecule has 1 saturated heterocycles. The van der Waals surface area contributed by atoms with E-state index in [2.05, 4.69) is 10.3 Å². The van der Waals surface area contributed by atoms with Crippen LogP contribution < -0.4 is 11.3 Å². The van der Waals surface area contributed by atoms with Gasteiger partial charge in [-0.1, -0.05) is 0 Å². The van der Waals surface area contributed by atoms with Gasteiger partial charge in [0.25, 0.3) is 0 Å². The summed E-state index contributed by atoms with van der Waals surface area (Å²) < 4.78 is 0. The second kappa shape index (κ2) is 5.95. The maximum atomic E-state index is 10.9. The number of rotatable bonds is 5. The highest BCUT2D eigenvalue weighted by molar-refractivity contribution is 5.77. The summed E-state index contributed by atoms with van der Waals surface area (Å²) in [7, 11) is 1.94. The molecule has 1 rings (SSSR count). The Balaban J connectivity index is 2.07. The fourth-order valence-electron chi connectivity index (χ4n) is 1.69. The normalized spacial score (nSPS) is 17.6. The van der Waals surface area contributed by atoms with Crippen LogP contribution in [0.25, 0.3) is 0 Å². The van der Waals surface area contributed by atoms with Gasteiger partial charge in [-0.2, -0.15) is 0 Å². The first kappa shape index (κ1) is 11.4. The zero-order valence-electron chi connectivity index (χ0n) is 8.83. The predicted octanol–water partition coefficient (Wildman–Crippen LogP) is -0.996. The van der Waals surface area contributed by atoms with Crippen LogP contribution in [0.3, 0.4) is 0 Å². The van der Waals surface area contributed by atoms with Crippen LogP contribution in [0.15, 0.2) is 0 Å². The Hall–Kier alpha value is -0.650. The second-order valence-electron chi connectivity index (χ2n) is 3.85.